The molecule has 2 rings (SSSR count). The molecule has 20 heavy (non-hydrogen) atoms. The lowest BCUT2D eigenvalue weighted by molar-refractivity contribution is 0.213. The van der Waals surface area contributed by atoms with Crippen LogP contribution < -0.4 is 4.74 Å². The number of benzene rings is 2. The van der Waals surface area contributed by atoms with Gasteiger partial charge in [0.15, 0.2) is 0 Å². The van der Waals surface area contributed by atoms with Crippen molar-refractivity contribution >= 4 is 31.9 Å². The highest BCUT2D eigenvalue weighted by atomic mass is 79.9. The number of aliphatic hydroxyl groups is 1. The van der Waals surface area contributed by atoms with Crippen LogP contribution in [0.3, 0.4) is 0 Å². The molecule has 0 bridgehead atoms. The van der Waals surface area contributed by atoms with Gasteiger partial charge in [-0.05, 0) is 42.7 Å². The van der Waals surface area contributed by atoms with E-state index in [1.165, 1.54) is 0 Å². The Bertz CT molecular complexity index is 639. The fraction of sp³-hybridized carbons (Fsp3) is 0.250. The van der Waals surface area contributed by atoms with Crippen molar-refractivity contribution in [3.63, 3.8) is 0 Å². The molecule has 1 unspecified atom stereocenters. The van der Waals surface area contributed by atoms with Crippen LogP contribution in [0.15, 0.2) is 39.3 Å². The second kappa shape index (κ2) is 6.29. The summed E-state index contributed by atoms with van der Waals surface area (Å²) >= 11 is 7.03. The Kier molecular flexibility index (Phi) is 4.89. The number of hydrogen-bond donors (Lipinski definition) is 1. The lowest BCUT2D eigenvalue weighted by Gasteiger charge is -2.21. The summed E-state index contributed by atoms with van der Waals surface area (Å²) in [5, 5.41) is 10.8. The molecule has 0 radical (unpaired) electrons. The first-order chi connectivity index (χ1) is 9.47. The van der Waals surface area contributed by atoms with Crippen LogP contribution in [-0.2, 0) is 0 Å². The van der Waals surface area contributed by atoms with Crippen molar-refractivity contribution in [2.24, 2.45) is 0 Å². The van der Waals surface area contributed by atoms with E-state index in [1.807, 2.05) is 44.2 Å². The Morgan fingerprint density at radius 3 is 2.35 bits per heavy atom. The Labute approximate surface area is 136 Å². The summed E-state index contributed by atoms with van der Waals surface area (Å²) in [6.45, 7) is 3.95. The molecule has 106 valence electrons. The van der Waals surface area contributed by atoms with Crippen molar-refractivity contribution in [3.05, 3.63) is 61.5 Å². The van der Waals surface area contributed by atoms with Gasteiger partial charge in [0.05, 0.1) is 7.11 Å². The lowest BCUT2D eigenvalue weighted by atomic mass is 9.94. The molecule has 1 atom stereocenters. The van der Waals surface area contributed by atoms with Crippen LogP contribution in [0.25, 0.3) is 0 Å². The summed E-state index contributed by atoms with van der Waals surface area (Å²) in [6, 6.07) is 9.67. The Hall–Kier alpha value is -0.840. The molecule has 0 aromatic heterocycles. The number of ether oxygens (including phenoxy) is 1. The molecule has 1 N–H and O–H groups in total. The first-order valence-corrected chi connectivity index (χ1v) is 7.82. The summed E-state index contributed by atoms with van der Waals surface area (Å²) in [4.78, 5) is 0. The third-order valence-corrected chi connectivity index (χ3v) is 4.93. The van der Waals surface area contributed by atoms with E-state index in [0.717, 1.165) is 36.9 Å². The Balaban J connectivity index is 2.66. The highest BCUT2D eigenvalue weighted by molar-refractivity contribution is 9.10. The summed E-state index contributed by atoms with van der Waals surface area (Å²) in [5.41, 5.74) is 3.60. The van der Waals surface area contributed by atoms with E-state index in [0.29, 0.717) is 0 Å². The molecule has 2 aromatic rings. The van der Waals surface area contributed by atoms with E-state index in [4.69, 9.17) is 4.74 Å². The van der Waals surface area contributed by atoms with E-state index in [9.17, 15) is 5.11 Å². The number of methoxy groups -OCH3 is 1. The minimum absolute atomic E-state index is 0.731. The van der Waals surface area contributed by atoms with Gasteiger partial charge in [0, 0.05) is 14.5 Å². The van der Waals surface area contributed by atoms with E-state index >= 15 is 0 Å². The summed E-state index contributed by atoms with van der Waals surface area (Å²) in [7, 11) is 1.63. The second-order valence-electron chi connectivity index (χ2n) is 4.67. The van der Waals surface area contributed by atoms with Crippen LogP contribution >= 0.6 is 31.9 Å². The predicted octanol–water partition coefficient (Wildman–Crippen LogP) is 4.92. The average Bonchev–Trinajstić information content (AvgIpc) is 2.42. The summed E-state index contributed by atoms with van der Waals surface area (Å²) < 4.78 is 7.35. The molecule has 0 aliphatic heterocycles. The summed E-state index contributed by atoms with van der Waals surface area (Å²) in [6.07, 6.45) is -0.739. The zero-order valence-corrected chi connectivity index (χ0v) is 14.7. The third-order valence-electron chi connectivity index (χ3n) is 3.39. The molecular formula is C16H16Br2O2. The van der Waals surface area contributed by atoms with Gasteiger partial charge in [-0.2, -0.15) is 0 Å². The van der Waals surface area contributed by atoms with Crippen molar-refractivity contribution in [1.82, 2.24) is 0 Å². The topological polar surface area (TPSA) is 29.5 Å². The molecule has 0 aliphatic rings. The van der Waals surface area contributed by atoms with Gasteiger partial charge in [-0.15, -0.1) is 0 Å². The van der Waals surface area contributed by atoms with E-state index in [-0.39, 0.29) is 0 Å². The van der Waals surface area contributed by atoms with E-state index in [1.54, 1.807) is 7.11 Å². The first kappa shape index (κ1) is 15.5. The third kappa shape index (κ3) is 2.78. The van der Waals surface area contributed by atoms with Crippen molar-refractivity contribution in [1.29, 1.82) is 0 Å². The molecule has 0 saturated carbocycles. The van der Waals surface area contributed by atoms with E-state index < -0.39 is 6.10 Å². The maximum absolute atomic E-state index is 10.8. The molecular weight excluding hydrogens is 384 g/mol. The van der Waals surface area contributed by atoms with Gasteiger partial charge in [-0.25, -0.2) is 0 Å². The standard InChI is InChI=1S/C16H16Br2O2/c1-9-8-13(18)10(2)14(16(9)20-3)15(19)11-6-4-5-7-12(11)17/h4-8,15,19H,1-3H3. The molecule has 2 nitrogen and oxygen atoms in total. The minimum Gasteiger partial charge on any atom is -0.496 e. The fourth-order valence-corrected chi connectivity index (χ4v) is 3.39. The Morgan fingerprint density at radius 2 is 1.75 bits per heavy atom. The fourth-order valence-electron chi connectivity index (χ4n) is 2.33. The molecule has 0 amide bonds. The van der Waals surface area contributed by atoms with Crippen LogP contribution in [0, 0.1) is 13.8 Å². The largest absolute Gasteiger partial charge is 0.496 e. The number of halogens is 2. The number of aliphatic hydroxyl groups excluding tert-OH is 1. The number of rotatable bonds is 3. The monoisotopic (exact) mass is 398 g/mol. The molecule has 0 fully saturated rings. The molecule has 0 saturated heterocycles. The van der Waals surface area contributed by atoms with E-state index in [2.05, 4.69) is 31.9 Å². The smallest absolute Gasteiger partial charge is 0.128 e. The molecule has 0 heterocycles. The lowest BCUT2D eigenvalue weighted by Crippen LogP contribution is -2.07. The van der Waals surface area contributed by atoms with Crippen LogP contribution in [0.1, 0.15) is 28.4 Å². The van der Waals surface area contributed by atoms with Gasteiger partial charge >= 0.3 is 0 Å². The molecule has 0 spiro atoms. The van der Waals surface area contributed by atoms with Crippen LogP contribution in [0.5, 0.6) is 5.75 Å². The van der Waals surface area contributed by atoms with Gasteiger partial charge < -0.3 is 9.84 Å². The quantitative estimate of drug-likeness (QED) is 0.793. The maximum Gasteiger partial charge on any atom is 0.128 e. The maximum atomic E-state index is 10.8. The van der Waals surface area contributed by atoms with Gasteiger partial charge in [0.2, 0.25) is 0 Å². The van der Waals surface area contributed by atoms with Gasteiger partial charge in [0.25, 0.3) is 0 Å². The number of hydrogen-bond acceptors (Lipinski definition) is 2. The predicted molar refractivity (Wildman–Crippen MR) is 88.4 cm³/mol. The minimum atomic E-state index is -0.739. The van der Waals surface area contributed by atoms with Crippen molar-refractivity contribution in [2.45, 2.75) is 20.0 Å². The van der Waals surface area contributed by atoms with Gasteiger partial charge in [-0.1, -0.05) is 50.1 Å². The van der Waals surface area contributed by atoms with Crippen molar-refractivity contribution in [2.75, 3.05) is 7.11 Å². The summed E-state index contributed by atoms with van der Waals surface area (Å²) in [5.74, 6) is 0.731. The van der Waals surface area contributed by atoms with Crippen molar-refractivity contribution < 1.29 is 9.84 Å². The number of aryl methyl sites for hydroxylation is 1. The SMILES string of the molecule is COc1c(C)cc(Br)c(C)c1C(O)c1ccccc1Br. The highest BCUT2D eigenvalue weighted by Crippen LogP contribution is 2.40. The van der Waals surface area contributed by atoms with Crippen LogP contribution in [0.2, 0.25) is 0 Å². The van der Waals surface area contributed by atoms with Gasteiger partial charge in [-0.3, -0.25) is 0 Å². The molecule has 4 heteroatoms. The van der Waals surface area contributed by atoms with Crippen molar-refractivity contribution in [3.8, 4) is 5.75 Å². The Morgan fingerprint density at radius 1 is 1.10 bits per heavy atom. The van der Waals surface area contributed by atoms with Crippen LogP contribution in [-0.4, -0.2) is 12.2 Å². The average molecular weight is 400 g/mol. The zero-order valence-electron chi connectivity index (χ0n) is 11.6. The molecule has 2 aromatic carbocycles. The van der Waals surface area contributed by atoms with Crippen LogP contribution in [0.4, 0.5) is 0 Å². The normalized spacial score (nSPS) is 12.3. The van der Waals surface area contributed by atoms with Gasteiger partial charge in [0.1, 0.15) is 11.9 Å². The highest BCUT2D eigenvalue weighted by Gasteiger charge is 2.22. The zero-order chi connectivity index (χ0) is 14.9. The first-order valence-electron chi connectivity index (χ1n) is 6.23. The molecule has 0 aliphatic carbocycles. The second-order valence-corrected chi connectivity index (χ2v) is 6.38.